The molecular formula is C11H27N3O2S. The molecule has 5 nitrogen and oxygen atoms in total. The molecule has 17 heavy (non-hydrogen) atoms. The van der Waals surface area contributed by atoms with Crippen molar-refractivity contribution in [1.82, 2.24) is 9.03 Å². The molecule has 0 amide bonds. The van der Waals surface area contributed by atoms with Crippen LogP contribution in [-0.4, -0.2) is 38.4 Å². The minimum Gasteiger partial charge on any atom is -0.329 e. The van der Waals surface area contributed by atoms with Gasteiger partial charge in [0.25, 0.3) is 10.2 Å². The lowest BCUT2D eigenvalue weighted by Gasteiger charge is -2.26. The summed E-state index contributed by atoms with van der Waals surface area (Å²) < 4.78 is 28.5. The Bertz CT molecular complexity index is 285. The molecule has 3 N–H and O–H groups in total. The van der Waals surface area contributed by atoms with Crippen LogP contribution in [0, 0.1) is 5.92 Å². The molecule has 0 aliphatic heterocycles. The maximum Gasteiger partial charge on any atom is 0.279 e. The van der Waals surface area contributed by atoms with Gasteiger partial charge in [-0.1, -0.05) is 27.7 Å². The Balaban J connectivity index is 4.71. The fourth-order valence-corrected chi connectivity index (χ4v) is 3.32. The molecule has 0 heterocycles. The second-order valence-electron chi connectivity index (χ2n) is 4.61. The first-order valence-electron chi connectivity index (χ1n) is 6.36. The zero-order chi connectivity index (χ0) is 13.5. The van der Waals surface area contributed by atoms with Gasteiger partial charge in [-0.3, -0.25) is 0 Å². The van der Waals surface area contributed by atoms with Gasteiger partial charge in [-0.25, -0.2) is 0 Å². The maximum atomic E-state index is 12.1. The maximum absolute atomic E-state index is 12.1. The zero-order valence-electron chi connectivity index (χ0n) is 11.4. The van der Waals surface area contributed by atoms with Crippen molar-refractivity contribution < 1.29 is 8.42 Å². The fraction of sp³-hybridized carbons (Fsp3) is 1.00. The lowest BCUT2D eigenvalue weighted by molar-refractivity contribution is 0.380. The van der Waals surface area contributed by atoms with Crippen molar-refractivity contribution in [1.29, 1.82) is 0 Å². The van der Waals surface area contributed by atoms with Crippen molar-refractivity contribution in [3.8, 4) is 0 Å². The predicted octanol–water partition coefficient (Wildman–Crippen LogP) is 0.926. The molecule has 0 radical (unpaired) electrons. The number of hydrogen-bond acceptors (Lipinski definition) is 3. The van der Waals surface area contributed by atoms with E-state index in [2.05, 4.69) is 4.72 Å². The normalized spacial score (nSPS) is 14.5. The summed E-state index contributed by atoms with van der Waals surface area (Å²) in [6, 6.07) is -0.198. The van der Waals surface area contributed by atoms with Gasteiger partial charge in [-0.2, -0.15) is 17.4 Å². The molecule has 1 unspecified atom stereocenters. The van der Waals surface area contributed by atoms with Crippen molar-refractivity contribution in [2.24, 2.45) is 11.7 Å². The van der Waals surface area contributed by atoms with E-state index in [1.165, 1.54) is 4.31 Å². The summed E-state index contributed by atoms with van der Waals surface area (Å²) in [5.41, 5.74) is 5.58. The second-order valence-corrected chi connectivity index (χ2v) is 6.31. The molecule has 0 aromatic carbocycles. The van der Waals surface area contributed by atoms with Crippen LogP contribution < -0.4 is 10.5 Å². The summed E-state index contributed by atoms with van der Waals surface area (Å²) in [7, 11) is -3.40. The summed E-state index contributed by atoms with van der Waals surface area (Å²) in [5.74, 6) is 0.194. The van der Waals surface area contributed by atoms with Gasteiger partial charge in [0.1, 0.15) is 0 Å². The van der Waals surface area contributed by atoms with Gasteiger partial charge in [0.2, 0.25) is 0 Å². The van der Waals surface area contributed by atoms with E-state index in [-0.39, 0.29) is 12.0 Å². The van der Waals surface area contributed by atoms with Crippen LogP contribution in [0.2, 0.25) is 0 Å². The second kappa shape index (κ2) is 8.02. The Morgan fingerprint density at radius 2 is 1.65 bits per heavy atom. The van der Waals surface area contributed by atoms with Crippen LogP contribution in [0.15, 0.2) is 0 Å². The first-order valence-corrected chi connectivity index (χ1v) is 7.80. The van der Waals surface area contributed by atoms with Crippen molar-refractivity contribution >= 4 is 10.2 Å². The third-order valence-corrected chi connectivity index (χ3v) is 4.29. The zero-order valence-corrected chi connectivity index (χ0v) is 12.3. The van der Waals surface area contributed by atoms with Crippen molar-refractivity contribution in [3.63, 3.8) is 0 Å². The van der Waals surface area contributed by atoms with E-state index in [0.717, 1.165) is 12.8 Å². The number of nitrogens with two attached hydrogens (primary N) is 1. The average molecular weight is 265 g/mol. The van der Waals surface area contributed by atoms with Gasteiger partial charge in [0, 0.05) is 25.7 Å². The molecule has 6 heteroatoms. The van der Waals surface area contributed by atoms with Gasteiger partial charge >= 0.3 is 0 Å². The molecule has 0 aliphatic rings. The third-order valence-electron chi connectivity index (χ3n) is 2.64. The molecule has 0 aromatic heterocycles. The lowest BCUT2D eigenvalue weighted by atomic mass is 10.1. The molecule has 0 aromatic rings. The number of nitrogens with one attached hydrogen (secondary N) is 1. The monoisotopic (exact) mass is 265 g/mol. The van der Waals surface area contributed by atoms with Crippen LogP contribution in [-0.2, 0) is 10.2 Å². The standard InChI is InChI=1S/C11H27N3O2S/c1-5-7-14(8-6-2)17(15,16)13-11(9-12)10(3)4/h10-11,13H,5-9,12H2,1-4H3. The van der Waals surface area contributed by atoms with Gasteiger partial charge in [-0.05, 0) is 18.8 Å². The smallest absolute Gasteiger partial charge is 0.279 e. The van der Waals surface area contributed by atoms with Crippen LogP contribution in [0.1, 0.15) is 40.5 Å². The number of rotatable bonds is 9. The first-order chi connectivity index (χ1) is 7.88. The van der Waals surface area contributed by atoms with E-state index < -0.39 is 10.2 Å². The quantitative estimate of drug-likeness (QED) is 0.651. The van der Waals surface area contributed by atoms with Crippen molar-refractivity contribution in [2.45, 2.75) is 46.6 Å². The molecule has 0 saturated carbocycles. The predicted molar refractivity (Wildman–Crippen MR) is 71.9 cm³/mol. The van der Waals surface area contributed by atoms with Gasteiger partial charge < -0.3 is 5.73 Å². The van der Waals surface area contributed by atoms with Crippen molar-refractivity contribution in [3.05, 3.63) is 0 Å². The highest BCUT2D eigenvalue weighted by molar-refractivity contribution is 7.87. The van der Waals surface area contributed by atoms with E-state index in [1.807, 2.05) is 27.7 Å². The van der Waals surface area contributed by atoms with E-state index >= 15 is 0 Å². The van der Waals surface area contributed by atoms with Crippen LogP contribution in [0.25, 0.3) is 0 Å². The Hall–Kier alpha value is -0.170. The highest BCUT2D eigenvalue weighted by atomic mass is 32.2. The van der Waals surface area contributed by atoms with E-state index in [4.69, 9.17) is 5.73 Å². The van der Waals surface area contributed by atoms with Gasteiger partial charge in [0.15, 0.2) is 0 Å². The fourth-order valence-electron chi connectivity index (χ4n) is 1.57. The van der Waals surface area contributed by atoms with Crippen LogP contribution in [0.4, 0.5) is 0 Å². The highest BCUT2D eigenvalue weighted by Gasteiger charge is 2.24. The largest absolute Gasteiger partial charge is 0.329 e. The molecule has 0 bridgehead atoms. The van der Waals surface area contributed by atoms with Crippen LogP contribution in [0.3, 0.4) is 0 Å². The molecule has 104 valence electrons. The summed E-state index contributed by atoms with van der Waals surface area (Å²) in [4.78, 5) is 0. The molecule has 0 aliphatic carbocycles. The van der Waals surface area contributed by atoms with Gasteiger partial charge in [0.05, 0.1) is 0 Å². The van der Waals surface area contributed by atoms with Crippen LogP contribution in [0.5, 0.6) is 0 Å². The van der Waals surface area contributed by atoms with E-state index in [0.29, 0.717) is 19.6 Å². The molecule has 0 saturated heterocycles. The Kier molecular flexibility index (Phi) is 7.94. The SMILES string of the molecule is CCCN(CCC)S(=O)(=O)NC(CN)C(C)C. The van der Waals surface area contributed by atoms with Crippen LogP contribution >= 0.6 is 0 Å². The Morgan fingerprint density at radius 1 is 1.18 bits per heavy atom. The minimum absolute atomic E-state index is 0.194. The summed E-state index contributed by atoms with van der Waals surface area (Å²) in [5, 5.41) is 0. The van der Waals surface area contributed by atoms with E-state index in [1.54, 1.807) is 0 Å². The number of hydrogen-bond donors (Lipinski definition) is 2. The number of nitrogens with zero attached hydrogens (tertiary/aromatic N) is 1. The minimum atomic E-state index is -3.40. The summed E-state index contributed by atoms with van der Waals surface area (Å²) in [6.07, 6.45) is 1.63. The molecule has 0 rings (SSSR count). The Labute approximate surface area is 106 Å². The first kappa shape index (κ1) is 16.8. The highest BCUT2D eigenvalue weighted by Crippen LogP contribution is 2.06. The average Bonchev–Trinajstić information content (AvgIpc) is 2.25. The summed E-state index contributed by atoms with van der Waals surface area (Å²) in [6.45, 7) is 9.30. The molecule has 1 atom stereocenters. The topological polar surface area (TPSA) is 75.4 Å². The van der Waals surface area contributed by atoms with Gasteiger partial charge in [-0.15, -0.1) is 0 Å². The molecule has 0 spiro atoms. The van der Waals surface area contributed by atoms with E-state index in [9.17, 15) is 8.42 Å². The molecule has 0 fully saturated rings. The van der Waals surface area contributed by atoms with Crippen molar-refractivity contribution in [2.75, 3.05) is 19.6 Å². The summed E-state index contributed by atoms with van der Waals surface area (Å²) >= 11 is 0. The lowest BCUT2D eigenvalue weighted by Crippen LogP contribution is -2.50. The Morgan fingerprint density at radius 3 is 1.94 bits per heavy atom. The molecular weight excluding hydrogens is 238 g/mol. The third kappa shape index (κ3) is 5.81.